The minimum absolute atomic E-state index is 0.00417. The molecule has 1 heterocycles. The molecule has 1 aromatic rings. The minimum Gasteiger partial charge on any atom is -0.466 e. The Balaban J connectivity index is 2.11. The quantitative estimate of drug-likeness (QED) is 0.820. The van der Waals surface area contributed by atoms with Crippen LogP contribution < -0.4 is 5.32 Å². The van der Waals surface area contributed by atoms with Gasteiger partial charge in [0, 0.05) is 12.5 Å². The van der Waals surface area contributed by atoms with Gasteiger partial charge in [-0.15, -0.1) is 0 Å². The first-order valence-electron chi connectivity index (χ1n) is 6.20. The number of esters is 1. The molecular formula is C14H17NO3. The van der Waals surface area contributed by atoms with E-state index in [1.165, 1.54) is 0 Å². The fraction of sp³-hybridized carbons (Fsp3) is 0.429. The van der Waals surface area contributed by atoms with E-state index in [1.807, 2.05) is 30.3 Å². The van der Waals surface area contributed by atoms with Gasteiger partial charge >= 0.3 is 5.97 Å². The van der Waals surface area contributed by atoms with Gasteiger partial charge < -0.3 is 10.1 Å². The van der Waals surface area contributed by atoms with Crippen LogP contribution in [0.1, 0.15) is 24.8 Å². The predicted molar refractivity (Wildman–Crippen MR) is 66.9 cm³/mol. The molecule has 0 radical (unpaired) electrons. The molecule has 1 aliphatic heterocycles. The molecule has 0 spiro atoms. The average Bonchev–Trinajstić information content (AvgIpc) is 2.72. The van der Waals surface area contributed by atoms with Gasteiger partial charge in [-0.1, -0.05) is 30.3 Å². The Bertz CT molecular complexity index is 430. The van der Waals surface area contributed by atoms with E-state index in [0.717, 1.165) is 5.56 Å². The molecule has 0 aromatic heterocycles. The van der Waals surface area contributed by atoms with Gasteiger partial charge in [0.25, 0.3) is 0 Å². The Morgan fingerprint density at radius 3 is 2.78 bits per heavy atom. The summed E-state index contributed by atoms with van der Waals surface area (Å²) in [5.74, 6) is -0.495. The summed E-state index contributed by atoms with van der Waals surface area (Å²) in [7, 11) is 0. The fourth-order valence-electron chi connectivity index (χ4n) is 2.38. The molecule has 0 saturated carbocycles. The first-order valence-corrected chi connectivity index (χ1v) is 6.20. The van der Waals surface area contributed by atoms with Gasteiger partial charge in [0.05, 0.1) is 18.9 Å². The highest BCUT2D eigenvalue weighted by atomic mass is 16.5. The zero-order chi connectivity index (χ0) is 13.0. The summed E-state index contributed by atoms with van der Waals surface area (Å²) in [6.45, 7) is 2.70. The second-order valence-electron chi connectivity index (χ2n) is 4.40. The number of benzene rings is 1. The second kappa shape index (κ2) is 5.67. The van der Waals surface area contributed by atoms with Crippen LogP contribution in [0.25, 0.3) is 0 Å². The molecule has 2 rings (SSSR count). The summed E-state index contributed by atoms with van der Waals surface area (Å²) in [6, 6.07) is 9.57. The normalized spacial score (nSPS) is 22.6. The Labute approximate surface area is 106 Å². The number of rotatable bonds is 4. The topological polar surface area (TPSA) is 55.4 Å². The molecule has 4 nitrogen and oxygen atoms in total. The van der Waals surface area contributed by atoms with Gasteiger partial charge in [-0.25, -0.2) is 0 Å². The van der Waals surface area contributed by atoms with Crippen molar-refractivity contribution in [3.05, 3.63) is 35.9 Å². The van der Waals surface area contributed by atoms with Crippen molar-refractivity contribution in [2.45, 2.75) is 19.3 Å². The van der Waals surface area contributed by atoms with Crippen molar-refractivity contribution in [1.29, 1.82) is 0 Å². The summed E-state index contributed by atoms with van der Waals surface area (Å²) in [5.41, 5.74) is 0.960. The van der Waals surface area contributed by atoms with Crippen LogP contribution >= 0.6 is 0 Å². The summed E-state index contributed by atoms with van der Waals surface area (Å²) < 4.78 is 4.95. The van der Waals surface area contributed by atoms with Gasteiger partial charge in [0.1, 0.15) is 0 Å². The number of carbonyl (C=O) groups excluding carboxylic acids is 2. The highest BCUT2D eigenvalue weighted by Crippen LogP contribution is 2.31. The molecule has 1 aliphatic rings. The number of hydrogen-bond donors (Lipinski definition) is 1. The molecule has 4 heteroatoms. The number of nitrogens with one attached hydrogen (secondary N) is 1. The summed E-state index contributed by atoms with van der Waals surface area (Å²) in [6.07, 6.45) is 0.284. The first kappa shape index (κ1) is 12.6. The van der Waals surface area contributed by atoms with Crippen molar-refractivity contribution < 1.29 is 14.3 Å². The van der Waals surface area contributed by atoms with Crippen molar-refractivity contribution in [1.82, 2.24) is 5.32 Å². The van der Waals surface area contributed by atoms with Crippen LogP contribution in [-0.4, -0.2) is 25.0 Å². The van der Waals surface area contributed by atoms with Gasteiger partial charge in [-0.3, -0.25) is 9.59 Å². The summed E-state index contributed by atoms with van der Waals surface area (Å²) in [5, 5.41) is 2.82. The summed E-state index contributed by atoms with van der Waals surface area (Å²) >= 11 is 0. The van der Waals surface area contributed by atoms with Gasteiger partial charge in [0.15, 0.2) is 0 Å². The Morgan fingerprint density at radius 1 is 1.39 bits per heavy atom. The van der Waals surface area contributed by atoms with Crippen molar-refractivity contribution >= 4 is 11.9 Å². The third-order valence-corrected chi connectivity index (χ3v) is 3.19. The monoisotopic (exact) mass is 247 g/mol. The van der Waals surface area contributed by atoms with Crippen molar-refractivity contribution in [3.63, 3.8) is 0 Å². The number of amides is 1. The molecule has 1 aromatic carbocycles. The lowest BCUT2D eigenvalue weighted by Gasteiger charge is -2.16. The molecule has 18 heavy (non-hydrogen) atoms. The van der Waals surface area contributed by atoms with Crippen LogP contribution in [-0.2, 0) is 14.3 Å². The Kier molecular flexibility index (Phi) is 3.97. The van der Waals surface area contributed by atoms with Crippen molar-refractivity contribution in [2.75, 3.05) is 13.2 Å². The van der Waals surface area contributed by atoms with Crippen LogP contribution in [0.15, 0.2) is 30.3 Å². The molecule has 1 saturated heterocycles. The predicted octanol–water partition coefficient (Wildman–Crippen LogP) is 1.47. The van der Waals surface area contributed by atoms with Crippen molar-refractivity contribution in [2.24, 2.45) is 5.92 Å². The van der Waals surface area contributed by atoms with E-state index in [-0.39, 0.29) is 30.1 Å². The first-order chi connectivity index (χ1) is 8.72. The fourth-order valence-corrected chi connectivity index (χ4v) is 2.38. The highest BCUT2D eigenvalue weighted by Gasteiger charge is 2.37. The number of carbonyl (C=O) groups is 2. The number of ether oxygens (including phenoxy) is 1. The second-order valence-corrected chi connectivity index (χ2v) is 4.40. The third-order valence-electron chi connectivity index (χ3n) is 3.19. The molecule has 0 bridgehead atoms. The lowest BCUT2D eigenvalue weighted by molar-refractivity contribution is -0.144. The minimum atomic E-state index is -0.240. The van der Waals surface area contributed by atoms with E-state index in [4.69, 9.17) is 4.74 Å². The molecule has 1 amide bonds. The molecule has 1 fully saturated rings. The van der Waals surface area contributed by atoms with Crippen LogP contribution in [0.4, 0.5) is 0 Å². The lowest BCUT2D eigenvalue weighted by atomic mass is 9.86. The van der Waals surface area contributed by atoms with Crippen LogP contribution in [0.2, 0.25) is 0 Å². The van der Waals surface area contributed by atoms with Crippen molar-refractivity contribution in [3.8, 4) is 0 Å². The SMILES string of the molecule is CCOC(=O)C[C@H]1CNC(=O)[C@H]1c1ccccc1. The number of hydrogen-bond acceptors (Lipinski definition) is 3. The zero-order valence-electron chi connectivity index (χ0n) is 10.4. The van der Waals surface area contributed by atoms with Crippen LogP contribution in [0, 0.1) is 5.92 Å². The maximum absolute atomic E-state index is 11.9. The van der Waals surface area contributed by atoms with E-state index in [0.29, 0.717) is 13.2 Å². The van der Waals surface area contributed by atoms with Gasteiger partial charge in [-0.05, 0) is 12.5 Å². The molecule has 0 aliphatic carbocycles. The molecule has 0 unspecified atom stereocenters. The van der Waals surface area contributed by atoms with E-state index in [2.05, 4.69) is 5.32 Å². The Hall–Kier alpha value is -1.84. The maximum Gasteiger partial charge on any atom is 0.306 e. The van der Waals surface area contributed by atoms with E-state index >= 15 is 0 Å². The third kappa shape index (κ3) is 2.70. The van der Waals surface area contributed by atoms with Gasteiger partial charge in [0.2, 0.25) is 5.91 Å². The Morgan fingerprint density at radius 2 is 2.11 bits per heavy atom. The highest BCUT2D eigenvalue weighted by molar-refractivity contribution is 5.87. The van der Waals surface area contributed by atoms with E-state index < -0.39 is 0 Å². The molecule has 96 valence electrons. The van der Waals surface area contributed by atoms with E-state index in [1.54, 1.807) is 6.92 Å². The van der Waals surface area contributed by atoms with Gasteiger partial charge in [-0.2, -0.15) is 0 Å². The standard InChI is InChI=1S/C14H17NO3/c1-2-18-12(16)8-11-9-15-14(17)13(11)10-6-4-3-5-7-10/h3-7,11,13H,2,8-9H2,1H3,(H,15,17)/t11-,13-/m0/s1. The zero-order valence-corrected chi connectivity index (χ0v) is 10.4. The molecular weight excluding hydrogens is 230 g/mol. The van der Waals surface area contributed by atoms with Crippen LogP contribution in [0.3, 0.4) is 0 Å². The average molecular weight is 247 g/mol. The molecule has 1 N–H and O–H groups in total. The smallest absolute Gasteiger partial charge is 0.306 e. The summed E-state index contributed by atoms with van der Waals surface area (Å²) in [4.78, 5) is 23.4. The maximum atomic E-state index is 11.9. The largest absolute Gasteiger partial charge is 0.466 e. The van der Waals surface area contributed by atoms with E-state index in [9.17, 15) is 9.59 Å². The van der Waals surface area contributed by atoms with Crippen LogP contribution in [0.5, 0.6) is 0 Å². The lowest BCUT2D eigenvalue weighted by Crippen LogP contribution is -2.19. The molecule has 2 atom stereocenters.